The monoisotopic (exact) mass is 460 g/mol. The molecule has 164 valence electrons. The molecule has 0 spiro atoms. The zero-order valence-electron chi connectivity index (χ0n) is 16.5. The Morgan fingerprint density at radius 2 is 1.70 bits per heavy atom. The van der Waals surface area contributed by atoms with Gasteiger partial charge in [-0.05, 0) is 6.92 Å². The van der Waals surface area contributed by atoms with Gasteiger partial charge in [-0.1, -0.05) is 11.6 Å². The van der Waals surface area contributed by atoms with E-state index in [4.69, 9.17) is 31.7 Å². The number of nitrogens with zero attached hydrogens (tertiary/aromatic N) is 5. The van der Waals surface area contributed by atoms with Gasteiger partial charge in [0.1, 0.15) is 17.7 Å². The first-order valence-corrected chi connectivity index (χ1v) is 10.2. The Hall–Kier alpha value is -2.81. The molecule has 2 aromatic heterocycles. The summed E-state index contributed by atoms with van der Waals surface area (Å²) in [5.74, 6) is 5.41. The summed E-state index contributed by atoms with van der Waals surface area (Å²) in [4.78, 5) is 15.9. The number of nitrogens with two attached hydrogens (primary N) is 1. The molecule has 0 aromatic carbocycles. The van der Waals surface area contributed by atoms with E-state index in [0.717, 1.165) is 0 Å². The third kappa shape index (κ3) is 5.41. The number of methoxy groups -OCH3 is 3. The molecule has 2 heterocycles. The Balaban J connectivity index is 2.37. The molecule has 2 atom stereocenters. The van der Waals surface area contributed by atoms with Gasteiger partial charge in [0.2, 0.25) is 17.7 Å². The van der Waals surface area contributed by atoms with E-state index in [1.807, 2.05) is 0 Å². The highest BCUT2D eigenvalue weighted by molar-refractivity contribution is 7.90. The molecule has 0 aliphatic carbocycles. The average Bonchev–Trinajstić information content (AvgIpc) is 2.74. The summed E-state index contributed by atoms with van der Waals surface area (Å²) in [6, 6.07) is 0. The van der Waals surface area contributed by atoms with Crippen LogP contribution < -0.4 is 26.1 Å². The highest BCUT2D eigenvalue weighted by Crippen LogP contribution is 2.30. The zero-order valence-corrected chi connectivity index (χ0v) is 18.1. The minimum atomic E-state index is -4.18. The second kappa shape index (κ2) is 10.3. The Bertz CT molecular complexity index is 967. The van der Waals surface area contributed by atoms with Crippen molar-refractivity contribution < 1.29 is 22.6 Å². The number of sulfonamides is 1. The van der Waals surface area contributed by atoms with Crippen LogP contribution in [0.4, 0.5) is 5.69 Å². The summed E-state index contributed by atoms with van der Waals surface area (Å²) in [5.41, 5.74) is 2.29. The van der Waals surface area contributed by atoms with Gasteiger partial charge < -0.3 is 19.5 Å². The first-order chi connectivity index (χ1) is 14.3. The number of guanidine groups is 1. The lowest BCUT2D eigenvalue weighted by molar-refractivity contribution is 0.0949. The van der Waals surface area contributed by atoms with Crippen molar-refractivity contribution in [3.05, 3.63) is 29.6 Å². The number of ether oxygens (including phenoxy) is 3. The van der Waals surface area contributed by atoms with Gasteiger partial charge in [0.05, 0.1) is 19.2 Å². The predicted octanol–water partition coefficient (Wildman–Crippen LogP) is 0.274. The molecule has 30 heavy (non-hydrogen) atoms. The lowest BCUT2D eigenvalue weighted by atomic mass is 10.2. The predicted molar refractivity (Wildman–Crippen MR) is 109 cm³/mol. The van der Waals surface area contributed by atoms with Crippen LogP contribution in [0.1, 0.15) is 18.9 Å². The molecule has 0 fully saturated rings. The summed E-state index contributed by atoms with van der Waals surface area (Å²) in [6.45, 7) is 1.39. The smallest absolute Gasteiger partial charge is 0.262 e. The second-order valence-corrected chi connectivity index (χ2v) is 8.00. The normalized spacial score (nSPS) is 14.0. The summed E-state index contributed by atoms with van der Waals surface area (Å²) in [6.07, 6.45) is 2.87. The number of hydrazine groups is 1. The van der Waals surface area contributed by atoms with Crippen molar-refractivity contribution in [3.63, 3.8) is 0 Å². The van der Waals surface area contributed by atoms with E-state index in [-0.39, 0.29) is 29.2 Å². The fourth-order valence-electron chi connectivity index (χ4n) is 2.32. The second-order valence-electron chi connectivity index (χ2n) is 5.61. The van der Waals surface area contributed by atoms with Crippen LogP contribution in [0.15, 0.2) is 23.1 Å². The van der Waals surface area contributed by atoms with Crippen molar-refractivity contribution in [3.8, 4) is 11.8 Å². The Morgan fingerprint density at radius 3 is 2.17 bits per heavy atom. The highest BCUT2D eigenvalue weighted by Gasteiger charge is 2.33. The van der Waals surface area contributed by atoms with Crippen LogP contribution in [0.3, 0.4) is 0 Å². The highest BCUT2D eigenvalue weighted by atomic mass is 35.5. The molecule has 2 unspecified atom stereocenters. The molecule has 4 N–H and O–H groups in total. The molecule has 0 amide bonds. The van der Waals surface area contributed by atoms with Gasteiger partial charge in [-0.2, -0.15) is 9.97 Å². The number of hydrogen-bond donors (Lipinski definition) is 3. The van der Waals surface area contributed by atoms with Gasteiger partial charge >= 0.3 is 0 Å². The Morgan fingerprint density at radius 1 is 1.13 bits per heavy atom. The van der Waals surface area contributed by atoms with Gasteiger partial charge in [0.25, 0.3) is 10.0 Å². The first kappa shape index (κ1) is 23.5. The molecule has 0 radical (unpaired) electrons. The van der Waals surface area contributed by atoms with E-state index in [9.17, 15) is 8.42 Å². The first-order valence-electron chi connectivity index (χ1n) is 8.28. The van der Waals surface area contributed by atoms with Crippen LogP contribution in [-0.4, -0.2) is 60.9 Å². The quantitative estimate of drug-likeness (QED) is 0.212. The third-order valence-corrected chi connectivity index (χ3v) is 5.63. The van der Waals surface area contributed by atoms with E-state index < -0.39 is 21.4 Å². The van der Waals surface area contributed by atoms with Crippen molar-refractivity contribution >= 4 is 33.3 Å². The fourth-order valence-corrected chi connectivity index (χ4v) is 3.48. The Kier molecular flexibility index (Phi) is 8.05. The molecule has 2 aromatic rings. The minimum absolute atomic E-state index is 0.0829. The number of aromatic nitrogens is 4. The van der Waals surface area contributed by atoms with E-state index in [2.05, 4.69) is 35.1 Å². The summed E-state index contributed by atoms with van der Waals surface area (Å²) >= 11 is 5.78. The summed E-state index contributed by atoms with van der Waals surface area (Å²) in [5, 5.41) is 1.78. The molecule has 0 bridgehead atoms. The molecular formula is C15H21ClN8O5S. The maximum Gasteiger partial charge on any atom is 0.262 e. The maximum atomic E-state index is 12.9. The molecule has 13 nitrogen and oxygen atoms in total. The zero-order chi connectivity index (χ0) is 22.3. The fraction of sp³-hybridized carbons (Fsp3) is 0.400. The minimum Gasteiger partial charge on any atom is -0.479 e. The van der Waals surface area contributed by atoms with Gasteiger partial charge in [-0.15, -0.1) is 4.40 Å². The number of anilines is 1. The number of rotatable bonds is 8. The van der Waals surface area contributed by atoms with Crippen molar-refractivity contribution in [1.82, 2.24) is 25.4 Å². The number of nitrogens with one attached hydrogen (secondary N) is 2. The molecule has 2 rings (SSSR count). The average molecular weight is 461 g/mol. The van der Waals surface area contributed by atoms with Crippen LogP contribution in [0.5, 0.6) is 11.8 Å². The van der Waals surface area contributed by atoms with Gasteiger partial charge in [0, 0.05) is 19.5 Å². The van der Waals surface area contributed by atoms with Gasteiger partial charge in [-0.3, -0.25) is 5.43 Å². The van der Waals surface area contributed by atoms with Crippen LogP contribution >= 0.6 is 11.6 Å². The molecular weight excluding hydrogens is 440 g/mol. The number of halogens is 1. The topological polar surface area (TPSA) is 176 Å². The number of hydrogen-bond acceptors (Lipinski definition) is 10. The van der Waals surface area contributed by atoms with E-state index in [0.29, 0.717) is 5.02 Å². The summed E-state index contributed by atoms with van der Waals surface area (Å²) in [7, 11) is -0.111. The van der Waals surface area contributed by atoms with Gasteiger partial charge in [0.15, 0.2) is 11.5 Å². The maximum absolute atomic E-state index is 12.9. The van der Waals surface area contributed by atoms with Crippen molar-refractivity contribution in [2.24, 2.45) is 10.2 Å². The molecule has 0 aliphatic heterocycles. The van der Waals surface area contributed by atoms with E-state index in [1.165, 1.54) is 47.0 Å². The lowest BCUT2D eigenvalue weighted by Crippen LogP contribution is -2.38. The van der Waals surface area contributed by atoms with Crippen molar-refractivity contribution in [2.45, 2.75) is 18.3 Å². The van der Waals surface area contributed by atoms with Gasteiger partial charge in [-0.25, -0.2) is 24.2 Å². The van der Waals surface area contributed by atoms with E-state index >= 15 is 0 Å². The van der Waals surface area contributed by atoms with Crippen LogP contribution in [0, 0.1) is 0 Å². The van der Waals surface area contributed by atoms with Crippen molar-refractivity contribution in [2.75, 3.05) is 26.6 Å². The standard InChI is InChI=1S/C15H21ClN8O5S/c1-8(11(27-2)12-18-5-9(16)6-19-12)30(25,26)24-15(23-17)22-10-13(28-3)20-7-21-14(10)29-4/h5-8,11H,17H2,1-4H3,(H2,22,23,24). The molecule has 0 saturated carbocycles. The molecule has 15 heteroatoms. The van der Waals surface area contributed by atoms with Crippen LogP contribution in [0.2, 0.25) is 5.02 Å². The largest absolute Gasteiger partial charge is 0.479 e. The van der Waals surface area contributed by atoms with E-state index in [1.54, 1.807) is 0 Å². The van der Waals surface area contributed by atoms with Crippen LogP contribution in [0.25, 0.3) is 0 Å². The SMILES string of the molecule is COc1ncnc(OC)c1NC(=NS(=O)(=O)C(C)C(OC)c1ncc(Cl)cn1)NN. The molecule has 0 aliphatic rings. The van der Waals surface area contributed by atoms with Crippen molar-refractivity contribution in [1.29, 1.82) is 0 Å². The third-order valence-electron chi connectivity index (χ3n) is 3.81. The molecule has 0 saturated heterocycles. The van der Waals surface area contributed by atoms with Crippen LogP contribution in [-0.2, 0) is 14.8 Å². The summed E-state index contributed by atoms with van der Waals surface area (Å²) < 4.78 is 44.9. The lowest BCUT2D eigenvalue weighted by Gasteiger charge is -2.20. The Labute approximate surface area is 178 Å².